The van der Waals surface area contributed by atoms with Crippen LogP contribution >= 0.6 is 11.8 Å². The molecule has 3 amide bonds. The highest BCUT2D eigenvalue weighted by atomic mass is 32.2. The number of para-hydroxylation sites is 1. The quantitative estimate of drug-likeness (QED) is 0.170. The number of nitrogens with two attached hydrogens (primary N) is 1. The summed E-state index contributed by atoms with van der Waals surface area (Å²) in [6.07, 6.45) is 4.44. The van der Waals surface area contributed by atoms with Crippen molar-refractivity contribution in [2.75, 3.05) is 18.6 Å². The summed E-state index contributed by atoms with van der Waals surface area (Å²) < 4.78 is 0. The summed E-state index contributed by atoms with van der Waals surface area (Å²) in [6.45, 7) is 3.05. The number of carboxylic acid groups (broad SMARTS) is 1. The lowest BCUT2D eigenvalue weighted by Gasteiger charge is -2.28. The van der Waals surface area contributed by atoms with Gasteiger partial charge in [0.2, 0.25) is 17.7 Å². The number of aromatic nitrogens is 1. The average molecular weight is 536 g/mol. The van der Waals surface area contributed by atoms with Crippen LogP contribution in [0.5, 0.6) is 0 Å². The number of fused-ring (bicyclic) bond motifs is 1. The van der Waals surface area contributed by atoms with Crippen molar-refractivity contribution in [1.82, 2.24) is 20.9 Å². The summed E-state index contributed by atoms with van der Waals surface area (Å²) >= 11 is 1.48. The predicted octanol–water partition coefficient (Wildman–Crippen LogP) is 0.368. The Morgan fingerprint density at radius 2 is 1.73 bits per heavy atom. The van der Waals surface area contributed by atoms with Crippen LogP contribution in [-0.2, 0) is 25.6 Å². The number of hydrogen-bond acceptors (Lipinski definition) is 7. The van der Waals surface area contributed by atoms with Crippen molar-refractivity contribution < 1.29 is 29.4 Å². The van der Waals surface area contributed by atoms with Crippen LogP contribution in [0.1, 0.15) is 32.3 Å². The van der Waals surface area contributed by atoms with Gasteiger partial charge in [-0.2, -0.15) is 11.8 Å². The lowest BCUT2D eigenvalue weighted by molar-refractivity contribution is -0.142. The van der Waals surface area contributed by atoms with Crippen molar-refractivity contribution in [3.63, 3.8) is 0 Å². The van der Waals surface area contributed by atoms with Crippen molar-refractivity contribution in [3.8, 4) is 0 Å². The average Bonchev–Trinajstić information content (AvgIpc) is 3.30. The van der Waals surface area contributed by atoms with Gasteiger partial charge >= 0.3 is 5.97 Å². The van der Waals surface area contributed by atoms with E-state index >= 15 is 0 Å². The second-order valence-electron chi connectivity index (χ2n) is 8.97. The third-order valence-electron chi connectivity index (χ3n) is 6.28. The fraction of sp³-hybridized carbons (Fsp3) is 0.520. The molecule has 0 fully saturated rings. The molecular formula is C25H37N5O6S. The lowest BCUT2D eigenvalue weighted by Crippen LogP contribution is -2.59. The number of aromatic amines is 1. The SMILES string of the molecule is CCC(C)C(NC(=O)C(CCSC)NC(=O)C(N)CO)C(=O)NC(Cc1c[nH]c2ccccc12)C(=O)O. The summed E-state index contributed by atoms with van der Waals surface area (Å²) in [7, 11) is 0. The Morgan fingerprint density at radius 1 is 1.05 bits per heavy atom. The molecule has 2 aromatic rings. The Labute approximate surface area is 220 Å². The molecule has 0 saturated carbocycles. The molecule has 1 aromatic heterocycles. The molecule has 0 aliphatic rings. The highest BCUT2D eigenvalue weighted by molar-refractivity contribution is 7.98. The third kappa shape index (κ3) is 8.48. The highest BCUT2D eigenvalue weighted by Crippen LogP contribution is 2.19. The molecule has 0 radical (unpaired) electrons. The van der Waals surface area contributed by atoms with E-state index in [-0.39, 0.29) is 18.8 Å². The van der Waals surface area contributed by atoms with Crippen LogP contribution in [0, 0.1) is 5.92 Å². The van der Waals surface area contributed by atoms with Gasteiger partial charge in [0.1, 0.15) is 24.2 Å². The molecule has 1 heterocycles. The molecule has 0 spiro atoms. The third-order valence-corrected chi connectivity index (χ3v) is 6.93. The number of carbonyl (C=O) groups is 4. The van der Waals surface area contributed by atoms with E-state index < -0.39 is 54.5 Å². The van der Waals surface area contributed by atoms with Crippen molar-refractivity contribution in [1.29, 1.82) is 0 Å². The Balaban J connectivity index is 2.18. The van der Waals surface area contributed by atoms with Gasteiger partial charge in [0.15, 0.2) is 0 Å². The van der Waals surface area contributed by atoms with E-state index in [1.807, 2.05) is 37.4 Å². The fourth-order valence-corrected chi connectivity index (χ4v) is 4.28. The van der Waals surface area contributed by atoms with Gasteiger partial charge < -0.3 is 36.9 Å². The zero-order chi connectivity index (χ0) is 27.5. The lowest BCUT2D eigenvalue weighted by atomic mass is 9.96. The van der Waals surface area contributed by atoms with Gasteiger partial charge in [-0.15, -0.1) is 0 Å². The van der Waals surface area contributed by atoms with Gasteiger partial charge in [0.05, 0.1) is 6.61 Å². The van der Waals surface area contributed by atoms with Crippen LogP contribution in [0.2, 0.25) is 0 Å². The molecule has 5 unspecified atom stereocenters. The molecule has 11 nitrogen and oxygen atoms in total. The molecule has 37 heavy (non-hydrogen) atoms. The molecule has 5 atom stereocenters. The number of benzene rings is 1. The summed E-state index contributed by atoms with van der Waals surface area (Å²) in [5.41, 5.74) is 7.17. The Morgan fingerprint density at radius 3 is 2.35 bits per heavy atom. The smallest absolute Gasteiger partial charge is 0.326 e. The van der Waals surface area contributed by atoms with Gasteiger partial charge in [-0.3, -0.25) is 14.4 Å². The van der Waals surface area contributed by atoms with Crippen molar-refractivity contribution in [2.24, 2.45) is 11.7 Å². The number of aliphatic carboxylic acids is 1. The van der Waals surface area contributed by atoms with Gasteiger partial charge in [-0.05, 0) is 36.0 Å². The first-order chi connectivity index (χ1) is 17.6. The Kier molecular flexibility index (Phi) is 11.9. The van der Waals surface area contributed by atoms with Gasteiger partial charge in [-0.25, -0.2) is 4.79 Å². The molecular weight excluding hydrogens is 498 g/mol. The minimum Gasteiger partial charge on any atom is -0.480 e. The minimum atomic E-state index is -1.22. The van der Waals surface area contributed by atoms with Gasteiger partial charge in [0, 0.05) is 23.5 Å². The number of carboxylic acids is 1. The van der Waals surface area contributed by atoms with E-state index in [1.165, 1.54) is 11.8 Å². The van der Waals surface area contributed by atoms with E-state index in [2.05, 4.69) is 20.9 Å². The minimum absolute atomic E-state index is 0.0533. The standard InChI is InChI=1S/C25H37N5O6S/c1-4-14(2)21(30-23(33)19(9-10-37-3)28-22(32)17(26)13-31)24(34)29-20(25(35)36)11-15-12-27-18-8-6-5-7-16(15)18/h5-8,12,14,17,19-21,27,31H,4,9-11,13,26H2,1-3H3,(H,28,32)(H,29,34)(H,30,33)(H,35,36). The van der Waals surface area contributed by atoms with Crippen LogP contribution in [0.4, 0.5) is 0 Å². The highest BCUT2D eigenvalue weighted by Gasteiger charge is 2.33. The van der Waals surface area contributed by atoms with E-state index in [1.54, 1.807) is 13.1 Å². The van der Waals surface area contributed by atoms with Crippen LogP contribution in [0.15, 0.2) is 30.5 Å². The first kappa shape index (κ1) is 30.1. The summed E-state index contributed by atoms with van der Waals surface area (Å²) in [6, 6.07) is 3.06. The molecule has 0 aliphatic heterocycles. The summed E-state index contributed by atoms with van der Waals surface area (Å²) in [4.78, 5) is 53.7. The molecule has 0 aliphatic carbocycles. The number of aliphatic hydroxyl groups excluding tert-OH is 1. The number of carbonyl (C=O) groups excluding carboxylic acids is 3. The molecule has 1 aromatic carbocycles. The zero-order valence-electron chi connectivity index (χ0n) is 21.3. The van der Waals surface area contributed by atoms with Gasteiger partial charge in [-0.1, -0.05) is 38.5 Å². The predicted molar refractivity (Wildman–Crippen MR) is 143 cm³/mol. The van der Waals surface area contributed by atoms with Crippen LogP contribution in [0.25, 0.3) is 10.9 Å². The summed E-state index contributed by atoms with van der Waals surface area (Å²) in [5.74, 6) is -2.86. The molecule has 0 saturated heterocycles. The molecule has 0 bridgehead atoms. The van der Waals surface area contributed by atoms with Crippen LogP contribution in [-0.4, -0.2) is 81.7 Å². The number of thioether (sulfide) groups is 1. The van der Waals surface area contributed by atoms with Crippen molar-refractivity contribution >= 4 is 46.4 Å². The van der Waals surface area contributed by atoms with E-state index in [0.29, 0.717) is 12.2 Å². The van der Waals surface area contributed by atoms with E-state index in [0.717, 1.165) is 16.5 Å². The Hall–Kier alpha value is -3.09. The van der Waals surface area contributed by atoms with E-state index in [9.17, 15) is 24.3 Å². The van der Waals surface area contributed by atoms with Crippen LogP contribution < -0.4 is 21.7 Å². The molecule has 8 N–H and O–H groups in total. The number of nitrogens with one attached hydrogen (secondary N) is 4. The Bertz CT molecular complexity index is 1080. The number of hydrogen-bond donors (Lipinski definition) is 7. The molecule has 204 valence electrons. The second kappa shape index (κ2) is 14.6. The summed E-state index contributed by atoms with van der Waals surface area (Å²) in [5, 5.41) is 27.6. The maximum atomic E-state index is 13.3. The van der Waals surface area contributed by atoms with Crippen LogP contribution in [0.3, 0.4) is 0 Å². The van der Waals surface area contributed by atoms with Crippen molar-refractivity contribution in [2.45, 2.75) is 57.3 Å². The monoisotopic (exact) mass is 535 g/mol. The first-order valence-electron chi connectivity index (χ1n) is 12.2. The number of H-pyrrole nitrogens is 1. The molecule has 2 rings (SSSR count). The normalized spacial score (nSPS) is 15.3. The number of amides is 3. The first-order valence-corrected chi connectivity index (χ1v) is 13.6. The molecule has 12 heteroatoms. The maximum absolute atomic E-state index is 13.3. The van der Waals surface area contributed by atoms with Crippen molar-refractivity contribution in [3.05, 3.63) is 36.0 Å². The van der Waals surface area contributed by atoms with Gasteiger partial charge in [0.25, 0.3) is 0 Å². The number of aliphatic hydroxyl groups is 1. The largest absolute Gasteiger partial charge is 0.480 e. The number of rotatable bonds is 15. The second-order valence-corrected chi connectivity index (χ2v) is 9.95. The van der Waals surface area contributed by atoms with E-state index in [4.69, 9.17) is 10.8 Å². The maximum Gasteiger partial charge on any atom is 0.326 e. The zero-order valence-corrected chi connectivity index (χ0v) is 22.1. The fourth-order valence-electron chi connectivity index (χ4n) is 3.80. The topological polar surface area (TPSA) is 187 Å².